The third-order valence-electron chi connectivity index (χ3n) is 3.41. The van der Waals surface area contributed by atoms with Gasteiger partial charge < -0.3 is 15.3 Å². The molecule has 0 aliphatic carbocycles. The van der Waals surface area contributed by atoms with Crippen molar-refractivity contribution in [2.24, 2.45) is 0 Å². The van der Waals surface area contributed by atoms with Gasteiger partial charge in [-0.1, -0.05) is 38.1 Å². The number of benzene rings is 1. The fourth-order valence-corrected chi connectivity index (χ4v) is 2.30. The largest absolute Gasteiger partial charge is 0.395 e. The van der Waals surface area contributed by atoms with Crippen LogP contribution in [-0.4, -0.2) is 35.7 Å². The molecule has 2 amide bonds. The summed E-state index contributed by atoms with van der Waals surface area (Å²) in [5.74, 6) is 0.510. The number of urea groups is 1. The minimum atomic E-state index is -0.0954. The molecule has 1 aliphatic heterocycles. The Labute approximate surface area is 108 Å². The first kappa shape index (κ1) is 12.9. The Bertz CT molecular complexity index is 414. The first-order chi connectivity index (χ1) is 8.63. The van der Waals surface area contributed by atoms with Gasteiger partial charge >= 0.3 is 6.03 Å². The van der Waals surface area contributed by atoms with Crippen LogP contribution >= 0.6 is 0 Å². The lowest BCUT2D eigenvalue weighted by Gasteiger charge is -2.22. The van der Waals surface area contributed by atoms with Crippen LogP contribution in [0.5, 0.6) is 0 Å². The van der Waals surface area contributed by atoms with E-state index in [0.717, 1.165) is 5.56 Å². The minimum Gasteiger partial charge on any atom is -0.395 e. The Morgan fingerprint density at radius 2 is 2.06 bits per heavy atom. The van der Waals surface area contributed by atoms with E-state index in [1.165, 1.54) is 5.56 Å². The predicted octanol–water partition coefficient (Wildman–Crippen LogP) is 1.87. The lowest BCUT2D eigenvalue weighted by Crippen LogP contribution is -2.32. The molecule has 0 aromatic heterocycles. The molecule has 1 aliphatic rings. The maximum atomic E-state index is 11.6. The van der Waals surface area contributed by atoms with E-state index in [9.17, 15) is 4.79 Å². The van der Waals surface area contributed by atoms with Crippen molar-refractivity contribution >= 4 is 6.03 Å². The average molecular weight is 248 g/mol. The molecule has 98 valence electrons. The quantitative estimate of drug-likeness (QED) is 0.854. The number of nitrogens with zero attached hydrogens (tertiary/aromatic N) is 1. The van der Waals surface area contributed by atoms with E-state index in [2.05, 4.69) is 43.4 Å². The third-order valence-corrected chi connectivity index (χ3v) is 3.41. The molecule has 18 heavy (non-hydrogen) atoms. The van der Waals surface area contributed by atoms with Gasteiger partial charge in [0.1, 0.15) is 0 Å². The van der Waals surface area contributed by atoms with E-state index in [1.54, 1.807) is 4.90 Å². The number of rotatable bonds is 4. The van der Waals surface area contributed by atoms with Crippen LogP contribution in [0.15, 0.2) is 24.3 Å². The normalized spacial score (nSPS) is 19.4. The topological polar surface area (TPSA) is 52.6 Å². The van der Waals surface area contributed by atoms with Crippen LogP contribution in [0.4, 0.5) is 4.79 Å². The monoisotopic (exact) mass is 248 g/mol. The predicted molar refractivity (Wildman–Crippen MR) is 70.5 cm³/mol. The Kier molecular flexibility index (Phi) is 3.87. The SMILES string of the molecule is CC(C)c1ccc(C2CNC(=O)N2CCO)cc1. The van der Waals surface area contributed by atoms with Gasteiger partial charge in [0.15, 0.2) is 0 Å². The van der Waals surface area contributed by atoms with Crippen molar-refractivity contribution in [3.8, 4) is 0 Å². The van der Waals surface area contributed by atoms with Gasteiger partial charge in [-0.2, -0.15) is 0 Å². The molecule has 1 unspecified atom stereocenters. The highest BCUT2D eigenvalue weighted by Crippen LogP contribution is 2.25. The van der Waals surface area contributed by atoms with Crippen LogP contribution in [0.1, 0.15) is 36.9 Å². The van der Waals surface area contributed by atoms with Crippen molar-refractivity contribution < 1.29 is 9.90 Å². The summed E-state index contributed by atoms with van der Waals surface area (Å²) in [6.07, 6.45) is 0. The van der Waals surface area contributed by atoms with Crippen LogP contribution in [0.3, 0.4) is 0 Å². The van der Waals surface area contributed by atoms with Crippen molar-refractivity contribution in [3.63, 3.8) is 0 Å². The molecule has 1 fully saturated rings. The van der Waals surface area contributed by atoms with Crippen molar-refractivity contribution in [2.75, 3.05) is 19.7 Å². The molecule has 1 saturated heterocycles. The molecule has 4 nitrogen and oxygen atoms in total. The highest BCUT2D eigenvalue weighted by Gasteiger charge is 2.31. The second-order valence-corrected chi connectivity index (χ2v) is 4.94. The summed E-state index contributed by atoms with van der Waals surface area (Å²) in [6.45, 7) is 5.30. The molecule has 2 N–H and O–H groups in total. The molecule has 0 saturated carbocycles. The van der Waals surface area contributed by atoms with Gasteiger partial charge in [-0.3, -0.25) is 0 Å². The lowest BCUT2D eigenvalue weighted by molar-refractivity contribution is 0.179. The smallest absolute Gasteiger partial charge is 0.318 e. The number of amides is 2. The van der Waals surface area contributed by atoms with Crippen LogP contribution < -0.4 is 5.32 Å². The van der Waals surface area contributed by atoms with Gasteiger partial charge in [-0.15, -0.1) is 0 Å². The maximum absolute atomic E-state index is 11.6. The molecule has 2 rings (SSSR count). The first-order valence-corrected chi connectivity index (χ1v) is 6.38. The van der Waals surface area contributed by atoms with Crippen molar-refractivity contribution in [1.29, 1.82) is 0 Å². The van der Waals surface area contributed by atoms with Crippen LogP contribution in [-0.2, 0) is 0 Å². The number of aliphatic hydroxyl groups is 1. The minimum absolute atomic E-state index is 0.00595. The number of carbonyl (C=O) groups is 1. The van der Waals surface area contributed by atoms with E-state index < -0.39 is 0 Å². The van der Waals surface area contributed by atoms with Crippen molar-refractivity contribution in [1.82, 2.24) is 10.2 Å². The second-order valence-electron chi connectivity index (χ2n) is 4.94. The number of hydrogen-bond donors (Lipinski definition) is 2. The molecule has 4 heteroatoms. The molecule has 1 aromatic carbocycles. The summed E-state index contributed by atoms with van der Waals surface area (Å²) in [5, 5.41) is 11.8. The molecule has 1 aromatic rings. The van der Waals surface area contributed by atoms with Gasteiger partial charge in [0.05, 0.1) is 12.6 Å². The van der Waals surface area contributed by atoms with Gasteiger partial charge in [0.25, 0.3) is 0 Å². The van der Waals surface area contributed by atoms with Gasteiger partial charge in [-0.25, -0.2) is 4.79 Å². The summed E-state index contributed by atoms with van der Waals surface area (Å²) in [7, 11) is 0. The van der Waals surface area contributed by atoms with E-state index in [1.807, 2.05) is 0 Å². The van der Waals surface area contributed by atoms with Crippen molar-refractivity contribution in [2.45, 2.75) is 25.8 Å². The number of nitrogens with one attached hydrogen (secondary N) is 1. The molecule has 1 atom stereocenters. The summed E-state index contributed by atoms with van der Waals surface area (Å²) in [6, 6.07) is 8.31. The Morgan fingerprint density at radius 3 is 2.61 bits per heavy atom. The Morgan fingerprint density at radius 1 is 1.39 bits per heavy atom. The van der Waals surface area contributed by atoms with Crippen molar-refractivity contribution in [3.05, 3.63) is 35.4 Å². The number of hydrogen-bond acceptors (Lipinski definition) is 2. The van der Waals surface area contributed by atoms with Gasteiger partial charge in [-0.05, 0) is 17.0 Å². The third kappa shape index (κ3) is 2.48. The standard InChI is InChI=1S/C14H20N2O2/c1-10(2)11-3-5-12(6-4-11)13-9-15-14(18)16(13)7-8-17/h3-6,10,13,17H,7-9H2,1-2H3,(H,15,18). The summed E-state index contributed by atoms with van der Waals surface area (Å²) in [5.41, 5.74) is 2.41. The number of carbonyl (C=O) groups excluding carboxylic acids is 1. The zero-order valence-corrected chi connectivity index (χ0v) is 10.9. The van der Waals surface area contributed by atoms with Crippen LogP contribution in [0.2, 0.25) is 0 Å². The first-order valence-electron chi connectivity index (χ1n) is 6.38. The Hall–Kier alpha value is -1.55. The molecule has 1 heterocycles. The summed E-state index contributed by atoms with van der Waals surface area (Å²) < 4.78 is 0. The highest BCUT2D eigenvalue weighted by atomic mass is 16.3. The Balaban J connectivity index is 2.17. The van der Waals surface area contributed by atoms with Gasteiger partial charge in [0, 0.05) is 13.1 Å². The van der Waals surface area contributed by atoms with Gasteiger partial charge in [0.2, 0.25) is 0 Å². The van der Waals surface area contributed by atoms with E-state index >= 15 is 0 Å². The highest BCUT2D eigenvalue weighted by molar-refractivity contribution is 5.77. The summed E-state index contributed by atoms with van der Waals surface area (Å²) >= 11 is 0. The zero-order chi connectivity index (χ0) is 13.1. The van der Waals surface area contributed by atoms with E-state index in [0.29, 0.717) is 19.0 Å². The molecule has 0 spiro atoms. The maximum Gasteiger partial charge on any atom is 0.318 e. The van der Waals surface area contributed by atoms with Crippen LogP contribution in [0.25, 0.3) is 0 Å². The fraction of sp³-hybridized carbons (Fsp3) is 0.500. The molecule has 0 radical (unpaired) electrons. The van der Waals surface area contributed by atoms with Crippen LogP contribution in [0, 0.1) is 0 Å². The van der Waals surface area contributed by atoms with E-state index in [4.69, 9.17) is 5.11 Å². The molecule has 0 bridgehead atoms. The fourth-order valence-electron chi connectivity index (χ4n) is 2.30. The van der Waals surface area contributed by atoms with E-state index in [-0.39, 0.29) is 18.7 Å². The molecular weight excluding hydrogens is 228 g/mol. The molecular formula is C14H20N2O2. The average Bonchev–Trinajstić information content (AvgIpc) is 2.72. The lowest BCUT2D eigenvalue weighted by atomic mass is 9.99. The number of aliphatic hydroxyl groups excluding tert-OH is 1. The summed E-state index contributed by atoms with van der Waals surface area (Å²) in [4.78, 5) is 13.3. The number of β-amino-alcohol motifs (C(OH)–C–C–N with tert-alkyl or cyclic N) is 1. The zero-order valence-electron chi connectivity index (χ0n) is 10.9. The second kappa shape index (κ2) is 5.40.